The molecule has 3 rings (SSSR count). The number of benzene rings is 1. The van der Waals surface area contributed by atoms with E-state index in [9.17, 15) is 4.79 Å². The molecule has 1 saturated heterocycles. The van der Waals surface area contributed by atoms with Crippen molar-refractivity contribution in [2.75, 3.05) is 20.4 Å². The number of carbonyl (C=O) groups is 1. The summed E-state index contributed by atoms with van der Waals surface area (Å²) < 4.78 is 10.3. The predicted molar refractivity (Wildman–Crippen MR) is 94.4 cm³/mol. The van der Waals surface area contributed by atoms with E-state index in [1.165, 1.54) is 32.1 Å². The Balaban J connectivity index is 1.61. The van der Waals surface area contributed by atoms with Crippen LogP contribution in [0.1, 0.15) is 44.1 Å². The Morgan fingerprint density at radius 2 is 2.00 bits per heavy atom. The van der Waals surface area contributed by atoms with Crippen molar-refractivity contribution in [3.05, 3.63) is 28.8 Å². The molecule has 5 heteroatoms. The Hall–Kier alpha value is -1.26. The van der Waals surface area contributed by atoms with Crippen LogP contribution in [0, 0.1) is 5.92 Å². The molecular formula is C19H26ClNO3. The number of carbonyl (C=O) groups excluding carboxylic acids is 1. The molecule has 1 amide bonds. The summed E-state index contributed by atoms with van der Waals surface area (Å²) >= 11 is 6.37. The van der Waals surface area contributed by atoms with E-state index < -0.39 is 0 Å². The lowest BCUT2D eigenvalue weighted by molar-refractivity contribution is -0.133. The normalized spacial score (nSPS) is 22.2. The third-order valence-electron chi connectivity index (χ3n) is 5.20. The Kier molecular flexibility index (Phi) is 6.01. The Bertz CT molecular complexity index is 572. The molecule has 1 unspecified atom stereocenters. The summed E-state index contributed by atoms with van der Waals surface area (Å²) in [5.41, 5.74) is 1.02. The van der Waals surface area contributed by atoms with Gasteiger partial charge in [0, 0.05) is 30.6 Å². The van der Waals surface area contributed by atoms with Gasteiger partial charge in [0.25, 0.3) is 0 Å². The third kappa shape index (κ3) is 4.04. The van der Waals surface area contributed by atoms with Crippen LogP contribution >= 0.6 is 11.6 Å². The number of rotatable bonds is 6. The second kappa shape index (κ2) is 8.21. The maximum atomic E-state index is 12.8. The smallest absolute Gasteiger partial charge is 0.226 e. The zero-order chi connectivity index (χ0) is 16.9. The van der Waals surface area contributed by atoms with E-state index in [4.69, 9.17) is 21.1 Å². The van der Waals surface area contributed by atoms with Gasteiger partial charge in [0.2, 0.25) is 5.91 Å². The average molecular weight is 352 g/mol. The number of hydrogen-bond acceptors (Lipinski definition) is 3. The number of ether oxygens (including phenoxy) is 2. The largest absolute Gasteiger partial charge is 0.468 e. The highest BCUT2D eigenvalue weighted by atomic mass is 35.5. The van der Waals surface area contributed by atoms with Crippen LogP contribution < -0.4 is 4.74 Å². The highest BCUT2D eigenvalue weighted by Gasteiger charge is 2.36. The van der Waals surface area contributed by atoms with Crippen LogP contribution in [0.3, 0.4) is 0 Å². The van der Waals surface area contributed by atoms with Crippen molar-refractivity contribution in [2.45, 2.75) is 51.0 Å². The third-order valence-corrected chi connectivity index (χ3v) is 5.55. The lowest BCUT2D eigenvalue weighted by Crippen LogP contribution is -2.39. The van der Waals surface area contributed by atoms with Gasteiger partial charge in [0.05, 0.1) is 0 Å². The molecule has 4 nitrogen and oxygen atoms in total. The summed E-state index contributed by atoms with van der Waals surface area (Å²) in [7, 11) is 1.58. The van der Waals surface area contributed by atoms with E-state index in [0.29, 0.717) is 29.1 Å². The van der Waals surface area contributed by atoms with Gasteiger partial charge in [0.1, 0.15) is 5.75 Å². The maximum Gasteiger partial charge on any atom is 0.226 e. The van der Waals surface area contributed by atoms with E-state index in [1.54, 1.807) is 13.2 Å². The van der Waals surface area contributed by atoms with Crippen molar-refractivity contribution in [1.82, 2.24) is 4.90 Å². The highest BCUT2D eigenvalue weighted by molar-refractivity contribution is 6.31. The molecule has 132 valence electrons. The van der Waals surface area contributed by atoms with Gasteiger partial charge < -0.3 is 14.4 Å². The summed E-state index contributed by atoms with van der Waals surface area (Å²) in [6, 6.07) is 6.12. The number of halogens is 1. The van der Waals surface area contributed by atoms with Crippen LogP contribution in [0.4, 0.5) is 0 Å². The molecule has 2 aliphatic rings. The van der Waals surface area contributed by atoms with Crippen molar-refractivity contribution in [1.29, 1.82) is 0 Å². The molecule has 1 aliphatic heterocycles. The first-order chi connectivity index (χ1) is 11.7. The fraction of sp³-hybridized carbons (Fsp3) is 0.632. The van der Waals surface area contributed by atoms with Crippen molar-refractivity contribution < 1.29 is 14.3 Å². The monoisotopic (exact) mass is 351 g/mol. The first-order valence-electron chi connectivity index (χ1n) is 8.89. The minimum absolute atomic E-state index is 0.0650. The van der Waals surface area contributed by atoms with E-state index in [1.807, 2.05) is 12.1 Å². The number of hydrogen-bond donors (Lipinski definition) is 0. The van der Waals surface area contributed by atoms with Crippen LogP contribution in [0.25, 0.3) is 0 Å². The molecule has 1 atom stereocenters. The van der Waals surface area contributed by atoms with Crippen LogP contribution in [0.5, 0.6) is 5.75 Å². The predicted octanol–water partition coefficient (Wildman–Crippen LogP) is 4.05. The number of amides is 1. The number of likely N-dealkylation sites (tertiary alicyclic amines) is 1. The lowest BCUT2D eigenvalue weighted by Gasteiger charge is -2.31. The van der Waals surface area contributed by atoms with Crippen LogP contribution in [0.2, 0.25) is 5.02 Å². The first-order valence-corrected chi connectivity index (χ1v) is 9.27. The summed E-state index contributed by atoms with van der Waals surface area (Å²) in [5.74, 6) is 1.07. The summed E-state index contributed by atoms with van der Waals surface area (Å²) in [6.45, 7) is 1.11. The van der Waals surface area contributed by atoms with Gasteiger partial charge in [0.15, 0.2) is 6.79 Å². The van der Waals surface area contributed by atoms with Crippen LogP contribution in [-0.2, 0) is 16.0 Å². The second-order valence-corrected chi connectivity index (χ2v) is 7.22. The molecule has 1 heterocycles. The minimum atomic E-state index is 0.0650. The highest BCUT2D eigenvalue weighted by Crippen LogP contribution is 2.32. The maximum absolute atomic E-state index is 12.8. The van der Waals surface area contributed by atoms with Gasteiger partial charge in [-0.1, -0.05) is 36.9 Å². The summed E-state index contributed by atoms with van der Waals surface area (Å²) in [4.78, 5) is 14.9. The van der Waals surface area contributed by atoms with Gasteiger partial charge in [-0.3, -0.25) is 4.79 Å². The molecule has 24 heavy (non-hydrogen) atoms. The molecule has 1 aliphatic carbocycles. The topological polar surface area (TPSA) is 38.8 Å². The molecular weight excluding hydrogens is 326 g/mol. The van der Waals surface area contributed by atoms with Crippen molar-refractivity contribution >= 4 is 17.5 Å². The van der Waals surface area contributed by atoms with Crippen molar-refractivity contribution in [2.24, 2.45) is 5.92 Å². The zero-order valence-electron chi connectivity index (χ0n) is 14.3. The SMILES string of the molecule is COCOc1ccc(CC2CCN(C3CCCCC3)C2=O)c(Cl)c1. The van der Waals surface area contributed by atoms with Gasteiger partial charge in [-0.2, -0.15) is 0 Å². The standard InChI is InChI=1S/C19H26ClNO3/c1-23-13-24-17-8-7-14(18(20)12-17)11-15-9-10-21(19(15)22)16-5-3-2-4-6-16/h7-8,12,15-16H,2-6,9-11,13H2,1H3. The Morgan fingerprint density at radius 1 is 1.21 bits per heavy atom. The Labute approximate surface area is 149 Å². The van der Waals surface area contributed by atoms with Gasteiger partial charge in [-0.15, -0.1) is 0 Å². The fourth-order valence-electron chi connectivity index (χ4n) is 3.88. The molecule has 1 saturated carbocycles. The van der Waals surface area contributed by atoms with Crippen LogP contribution in [-0.4, -0.2) is 37.3 Å². The van der Waals surface area contributed by atoms with Crippen LogP contribution in [0.15, 0.2) is 18.2 Å². The van der Waals surface area contributed by atoms with E-state index in [2.05, 4.69) is 4.90 Å². The van der Waals surface area contributed by atoms with Gasteiger partial charge >= 0.3 is 0 Å². The zero-order valence-corrected chi connectivity index (χ0v) is 15.1. The summed E-state index contributed by atoms with van der Waals surface area (Å²) in [6.07, 6.45) is 7.82. The fourth-order valence-corrected chi connectivity index (χ4v) is 4.13. The van der Waals surface area contributed by atoms with E-state index >= 15 is 0 Å². The average Bonchev–Trinajstić information content (AvgIpc) is 2.96. The second-order valence-electron chi connectivity index (χ2n) is 6.82. The van der Waals surface area contributed by atoms with Gasteiger partial charge in [-0.05, 0) is 43.4 Å². The first kappa shape index (κ1) is 17.6. The molecule has 0 radical (unpaired) electrons. The van der Waals surface area contributed by atoms with Gasteiger partial charge in [-0.25, -0.2) is 0 Å². The number of methoxy groups -OCH3 is 1. The summed E-state index contributed by atoms with van der Waals surface area (Å²) in [5, 5.41) is 0.660. The number of nitrogens with zero attached hydrogens (tertiary/aromatic N) is 1. The quantitative estimate of drug-likeness (QED) is 0.726. The van der Waals surface area contributed by atoms with Crippen molar-refractivity contribution in [3.63, 3.8) is 0 Å². The Morgan fingerprint density at radius 3 is 2.71 bits per heavy atom. The van der Waals surface area contributed by atoms with Crippen molar-refractivity contribution in [3.8, 4) is 5.75 Å². The molecule has 0 aromatic heterocycles. The molecule has 2 fully saturated rings. The van der Waals surface area contributed by atoms with E-state index in [0.717, 1.165) is 18.5 Å². The lowest BCUT2D eigenvalue weighted by atomic mass is 9.94. The molecule has 1 aromatic rings. The van der Waals surface area contributed by atoms with E-state index in [-0.39, 0.29) is 12.7 Å². The molecule has 0 spiro atoms. The minimum Gasteiger partial charge on any atom is -0.468 e. The molecule has 0 bridgehead atoms. The molecule has 1 aromatic carbocycles. The molecule has 0 N–H and O–H groups in total.